The lowest BCUT2D eigenvalue weighted by molar-refractivity contribution is -0.131. The third-order valence-corrected chi connectivity index (χ3v) is 2.03. The second-order valence-electron chi connectivity index (χ2n) is 3.47. The topological polar surface area (TPSA) is 46.3 Å². The first-order valence-corrected chi connectivity index (χ1v) is 4.65. The summed E-state index contributed by atoms with van der Waals surface area (Å²) in [6, 6.07) is 9.43. The van der Waals surface area contributed by atoms with Gasteiger partial charge in [-0.1, -0.05) is 30.3 Å². The first-order chi connectivity index (χ1) is 6.61. The summed E-state index contributed by atoms with van der Waals surface area (Å²) < 4.78 is 0. The van der Waals surface area contributed by atoms with Crippen LogP contribution in [0.15, 0.2) is 30.3 Å². The van der Waals surface area contributed by atoms with Crippen molar-refractivity contribution in [3.63, 3.8) is 0 Å². The smallest absolute Gasteiger partial charge is 0.239 e. The molecule has 3 nitrogen and oxygen atoms in total. The second kappa shape index (κ2) is 6.43. The average Bonchev–Trinajstić information content (AvgIpc) is 2.18. The van der Waals surface area contributed by atoms with Crippen molar-refractivity contribution in [3.05, 3.63) is 35.9 Å². The number of nitrogens with two attached hydrogens (primary N) is 1. The molecule has 2 N–H and O–H groups in total. The summed E-state index contributed by atoms with van der Waals surface area (Å²) in [7, 11) is 1.76. The molecular formula is C11H17ClN2O. The maximum Gasteiger partial charge on any atom is 0.239 e. The molecular weight excluding hydrogens is 212 g/mol. The molecule has 0 saturated heterocycles. The van der Waals surface area contributed by atoms with E-state index in [-0.39, 0.29) is 18.3 Å². The molecule has 0 spiro atoms. The Morgan fingerprint density at radius 1 is 1.40 bits per heavy atom. The zero-order valence-electron chi connectivity index (χ0n) is 9.01. The van der Waals surface area contributed by atoms with E-state index >= 15 is 0 Å². The van der Waals surface area contributed by atoms with E-state index in [1.807, 2.05) is 30.3 Å². The predicted octanol–water partition coefficient (Wildman–Crippen LogP) is 1.41. The predicted molar refractivity (Wildman–Crippen MR) is 63.8 cm³/mol. The Kier molecular flexibility index (Phi) is 5.97. The van der Waals surface area contributed by atoms with Crippen LogP contribution < -0.4 is 5.73 Å². The van der Waals surface area contributed by atoms with Gasteiger partial charge in [-0.2, -0.15) is 0 Å². The summed E-state index contributed by atoms with van der Waals surface area (Å²) in [5.41, 5.74) is 6.61. The summed E-state index contributed by atoms with van der Waals surface area (Å²) in [4.78, 5) is 13.1. The number of likely N-dealkylation sites (N-methyl/N-ethyl adjacent to an activating group) is 1. The number of hydrogen-bond donors (Lipinski definition) is 1. The fourth-order valence-electron chi connectivity index (χ4n) is 1.28. The van der Waals surface area contributed by atoms with Crippen LogP contribution >= 0.6 is 12.4 Å². The molecule has 0 aromatic heterocycles. The van der Waals surface area contributed by atoms with E-state index in [0.717, 1.165) is 5.56 Å². The molecule has 0 heterocycles. The van der Waals surface area contributed by atoms with Gasteiger partial charge in [0.2, 0.25) is 5.91 Å². The number of benzene rings is 1. The Bertz CT molecular complexity index is 301. The summed E-state index contributed by atoms with van der Waals surface area (Å²) in [5, 5.41) is 0. The number of halogens is 1. The molecule has 0 fully saturated rings. The first kappa shape index (κ1) is 13.9. The molecule has 0 aliphatic carbocycles. The van der Waals surface area contributed by atoms with Gasteiger partial charge < -0.3 is 10.6 Å². The number of hydrogen-bond acceptors (Lipinski definition) is 2. The average molecular weight is 229 g/mol. The highest BCUT2D eigenvalue weighted by atomic mass is 35.5. The van der Waals surface area contributed by atoms with E-state index < -0.39 is 6.04 Å². The van der Waals surface area contributed by atoms with Crippen LogP contribution in [0.5, 0.6) is 0 Å². The van der Waals surface area contributed by atoms with Crippen molar-refractivity contribution in [2.24, 2.45) is 5.73 Å². The van der Waals surface area contributed by atoms with Gasteiger partial charge in [0.05, 0.1) is 6.04 Å². The lowest BCUT2D eigenvalue weighted by Crippen LogP contribution is -2.39. The minimum Gasteiger partial charge on any atom is -0.340 e. The van der Waals surface area contributed by atoms with Gasteiger partial charge in [-0.25, -0.2) is 0 Å². The van der Waals surface area contributed by atoms with Crippen LogP contribution in [0.25, 0.3) is 0 Å². The standard InChI is InChI=1S/C11H16N2O.ClH/c1-9(12)11(14)13(2)8-10-6-4-3-5-7-10;/h3-7,9H,8,12H2,1-2H3;1H/t9-;/m1./s1. The van der Waals surface area contributed by atoms with Crippen LogP contribution in [-0.2, 0) is 11.3 Å². The summed E-state index contributed by atoms with van der Waals surface area (Å²) in [6.07, 6.45) is 0. The van der Waals surface area contributed by atoms with Crippen molar-refractivity contribution < 1.29 is 4.79 Å². The number of carbonyl (C=O) groups excluding carboxylic acids is 1. The van der Waals surface area contributed by atoms with Gasteiger partial charge in [0.25, 0.3) is 0 Å². The van der Waals surface area contributed by atoms with E-state index in [2.05, 4.69) is 0 Å². The maximum atomic E-state index is 11.4. The molecule has 4 heteroatoms. The van der Waals surface area contributed by atoms with Crippen LogP contribution in [0.1, 0.15) is 12.5 Å². The monoisotopic (exact) mass is 228 g/mol. The van der Waals surface area contributed by atoms with E-state index in [9.17, 15) is 4.79 Å². The molecule has 1 amide bonds. The Morgan fingerprint density at radius 2 is 1.93 bits per heavy atom. The van der Waals surface area contributed by atoms with Crippen molar-refractivity contribution in [3.8, 4) is 0 Å². The minimum atomic E-state index is -0.427. The fraction of sp³-hybridized carbons (Fsp3) is 0.364. The van der Waals surface area contributed by atoms with Crippen molar-refractivity contribution >= 4 is 18.3 Å². The van der Waals surface area contributed by atoms with Crippen molar-refractivity contribution in [1.29, 1.82) is 0 Å². The molecule has 1 atom stereocenters. The first-order valence-electron chi connectivity index (χ1n) is 4.65. The van der Waals surface area contributed by atoms with Crippen LogP contribution in [-0.4, -0.2) is 23.9 Å². The molecule has 1 aromatic carbocycles. The molecule has 1 rings (SSSR count). The highest BCUT2D eigenvalue weighted by Gasteiger charge is 2.12. The molecule has 0 aliphatic heterocycles. The lowest BCUT2D eigenvalue weighted by Gasteiger charge is -2.19. The van der Waals surface area contributed by atoms with Gasteiger partial charge in [0.15, 0.2) is 0 Å². The minimum absolute atomic E-state index is 0. The SMILES string of the molecule is C[C@@H](N)C(=O)N(C)Cc1ccccc1.Cl. The fourth-order valence-corrected chi connectivity index (χ4v) is 1.28. The normalized spacial score (nSPS) is 11.4. The van der Waals surface area contributed by atoms with Crippen LogP contribution in [0, 0.1) is 0 Å². The van der Waals surface area contributed by atoms with E-state index in [1.165, 1.54) is 0 Å². The molecule has 15 heavy (non-hydrogen) atoms. The van der Waals surface area contributed by atoms with E-state index in [1.54, 1.807) is 18.9 Å². The lowest BCUT2D eigenvalue weighted by atomic mass is 10.2. The van der Waals surface area contributed by atoms with Crippen LogP contribution in [0.4, 0.5) is 0 Å². The maximum absolute atomic E-state index is 11.4. The summed E-state index contributed by atoms with van der Waals surface area (Å²) in [5.74, 6) is -0.0335. The molecule has 0 aliphatic rings. The van der Waals surface area contributed by atoms with Gasteiger partial charge in [-0.3, -0.25) is 4.79 Å². The highest BCUT2D eigenvalue weighted by Crippen LogP contribution is 2.03. The quantitative estimate of drug-likeness (QED) is 0.851. The Balaban J connectivity index is 0.00000196. The van der Waals surface area contributed by atoms with Crippen LogP contribution in [0.2, 0.25) is 0 Å². The third-order valence-electron chi connectivity index (χ3n) is 2.03. The zero-order valence-corrected chi connectivity index (χ0v) is 9.83. The zero-order chi connectivity index (χ0) is 10.6. The molecule has 1 aromatic rings. The third kappa shape index (κ3) is 4.32. The van der Waals surface area contributed by atoms with Gasteiger partial charge in [-0.05, 0) is 12.5 Å². The molecule has 0 unspecified atom stereocenters. The number of amides is 1. The van der Waals surface area contributed by atoms with Gasteiger partial charge in [-0.15, -0.1) is 12.4 Å². The van der Waals surface area contributed by atoms with Gasteiger partial charge in [0.1, 0.15) is 0 Å². The molecule has 0 saturated carbocycles. The van der Waals surface area contributed by atoms with E-state index in [0.29, 0.717) is 6.54 Å². The van der Waals surface area contributed by atoms with Gasteiger partial charge in [0, 0.05) is 13.6 Å². The number of rotatable bonds is 3. The van der Waals surface area contributed by atoms with Crippen molar-refractivity contribution in [2.75, 3.05) is 7.05 Å². The Labute approximate surface area is 96.7 Å². The largest absolute Gasteiger partial charge is 0.340 e. The summed E-state index contributed by atoms with van der Waals surface area (Å²) in [6.45, 7) is 2.31. The van der Waals surface area contributed by atoms with Gasteiger partial charge >= 0.3 is 0 Å². The van der Waals surface area contributed by atoms with Crippen molar-refractivity contribution in [2.45, 2.75) is 19.5 Å². The van der Waals surface area contributed by atoms with Crippen molar-refractivity contribution in [1.82, 2.24) is 4.90 Å². The number of nitrogens with zero attached hydrogens (tertiary/aromatic N) is 1. The molecule has 0 radical (unpaired) electrons. The number of carbonyl (C=O) groups is 1. The van der Waals surface area contributed by atoms with E-state index in [4.69, 9.17) is 5.73 Å². The summed E-state index contributed by atoms with van der Waals surface area (Å²) >= 11 is 0. The highest BCUT2D eigenvalue weighted by molar-refractivity contribution is 5.85. The molecule has 0 bridgehead atoms. The Hall–Kier alpha value is -1.06. The second-order valence-corrected chi connectivity index (χ2v) is 3.47. The van der Waals surface area contributed by atoms with Crippen LogP contribution in [0.3, 0.4) is 0 Å². The molecule has 84 valence electrons. The Morgan fingerprint density at radius 3 is 2.40 bits per heavy atom.